The minimum absolute atomic E-state index is 0.0245. The first-order chi connectivity index (χ1) is 10.5. The molecule has 0 aromatic carbocycles. The molecular weight excluding hydrogens is 272 g/mol. The second-order valence-electron chi connectivity index (χ2n) is 9.58. The number of hydrogen-bond donors (Lipinski definition) is 1. The molecule has 4 rings (SSSR count). The van der Waals surface area contributed by atoms with E-state index in [9.17, 15) is 5.11 Å². The molecule has 0 spiro atoms. The molecule has 2 heteroatoms. The molecule has 0 unspecified atom stereocenters. The first-order valence-electron chi connectivity index (χ1n) is 9.67. The molecule has 0 heterocycles. The molecule has 4 saturated carbocycles. The summed E-state index contributed by atoms with van der Waals surface area (Å²) in [5, 5.41) is 10.3. The summed E-state index contributed by atoms with van der Waals surface area (Å²) in [6.07, 6.45) is 12.1. The van der Waals surface area contributed by atoms with Gasteiger partial charge in [-0.25, -0.2) is 0 Å². The molecule has 4 aliphatic rings. The highest BCUT2D eigenvalue weighted by Gasteiger charge is 2.59. The number of ether oxygens (including phenoxy) is 1. The molecule has 0 aromatic heterocycles. The third-order valence-corrected chi connectivity index (χ3v) is 8.70. The van der Waals surface area contributed by atoms with Crippen molar-refractivity contribution in [2.24, 2.45) is 34.5 Å². The predicted molar refractivity (Wildman–Crippen MR) is 88.5 cm³/mol. The molecule has 22 heavy (non-hydrogen) atoms. The minimum Gasteiger partial charge on any atom is -0.393 e. The molecule has 0 radical (unpaired) electrons. The molecule has 0 amide bonds. The summed E-state index contributed by atoms with van der Waals surface area (Å²) in [7, 11) is 1.89. The molecule has 0 aliphatic heterocycles. The van der Waals surface area contributed by atoms with Crippen LogP contribution in [0.4, 0.5) is 0 Å². The number of methoxy groups -OCH3 is 1. The fraction of sp³-hybridized carbons (Fsp3) is 1.00. The van der Waals surface area contributed by atoms with E-state index in [1.807, 2.05) is 7.11 Å². The molecule has 8 atom stereocenters. The monoisotopic (exact) mass is 306 g/mol. The number of aliphatic hydroxyl groups is 1. The maximum Gasteiger partial charge on any atom is 0.0574 e. The fourth-order valence-corrected chi connectivity index (χ4v) is 7.45. The fourth-order valence-electron chi connectivity index (χ4n) is 7.45. The summed E-state index contributed by atoms with van der Waals surface area (Å²) < 4.78 is 5.69. The van der Waals surface area contributed by atoms with Gasteiger partial charge in [0.05, 0.1) is 12.2 Å². The zero-order valence-corrected chi connectivity index (χ0v) is 14.7. The highest BCUT2D eigenvalue weighted by molar-refractivity contribution is 5.08. The third-order valence-electron chi connectivity index (χ3n) is 8.70. The van der Waals surface area contributed by atoms with Gasteiger partial charge in [0.2, 0.25) is 0 Å². The molecule has 4 fully saturated rings. The molecule has 1 N–H and O–H groups in total. The van der Waals surface area contributed by atoms with Crippen molar-refractivity contribution in [3.63, 3.8) is 0 Å². The van der Waals surface area contributed by atoms with Gasteiger partial charge in [-0.05, 0) is 92.3 Å². The zero-order valence-electron chi connectivity index (χ0n) is 14.7. The van der Waals surface area contributed by atoms with Crippen LogP contribution in [0.25, 0.3) is 0 Å². The predicted octanol–water partition coefficient (Wildman–Crippen LogP) is 4.41. The van der Waals surface area contributed by atoms with E-state index in [-0.39, 0.29) is 6.10 Å². The summed E-state index contributed by atoms with van der Waals surface area (Å²) in [6, 6.07) is 0. The maximum atomic E-state index is 10.3. The van der Waals surface area contributed by atoms with Crippen LogP contribution in [0.15, 0.2) is 0 Å². The van der Waals surface area contributed by atoms with Gasteiger partial charge < -0.3 is 9.84 Å². The standard InChI is InChI=1S/C20H34O2/c1-19-8-7-17-16(18(19)11-14(21)12-19)5-4-13-10-15(22-3)6-9-20(13,17)2/h13-18,21H,4-12H2,1-3H3/t13-,14+,15-,16+,17-,18-,19+,20-/m0/s1. The van der Waals surface area contributed by atoms with E-state index in [0.717, 1.165) is 36.5 Å². The van der Waals surface area contributed by atoms with Crippen LogP contribution in [0.1, 0.15) is 71.6 Å². The van der Waals surface area contributed by atoms with E-state index < -0.39 is 0 Å². The van der Waals surface area contributed by atoms with Crippen LogP contribution in [0, 0.1) is 34.5 Å². The quantitative estimate of drug-likeness (QED) is 0.778. The van der Waals surface area contributed by atoms with Crippen molar-refractivity contribution in [1.82, 2.24) is 0 Å². The van der Waals surface area contributed by atoms with Crippen LogP contribution >= 0.6 is 0 Å². The number of aliphatic hydroxyl groups excluding tert-OH is 1. The van der Waals surface area contributed by atoms with Gasteiger partial charge in [-0.3, -0.25) is 0 Å². The molecule has 2 nitrogen and oxygen atoms in total. The average Bonchev–Trinajstić information content (AvgIpc) is 2.80. The van der Waals surface area contributed by atoms with Crippen LogP contribution in [0.2, 0.25) is 0 Å². The molecular formula is C20H34O2. The van der Waals surface area contributed by atoms with Gasteiger partial charge in [0, 0.05) is 7.11 Å². The molecule has 0 aromatic rings. The number of hydrogen-bond acceptors (Lipinski definition) is 2. The van der Waals surface area contributed by atoms with Crippen LogP contribution in [-0.2, 0) is 4.74 Å². The minimum atomic E-state index is -0.0245. The van der Waals surface area contributed by atoms with Crippen molar-refractivity contribution in [3.05, 3.63) is 0 Å². The highest BCUT2D eigenvalue weighted by atomic mass is 16.5. The largest absolute Gasteiger partial charge is 0.393 e. The molecule has 4 aliphatic carbocycles. The van der Waals surface area contributed by atoms with E-state index >= 15 is 0 Å². The van der Waals surface area contributed by atoms with E-state index in [2.05, 4.69) is 13.8 Å². The van der Waals surface area contributed by atoms with Gasteiger partial charge in [-0.1, -0.05) is 13.8 Å². The Labute approximate surface area is 136 Å². The van der Waals surface area contributed by atoms with Crippen LogP contribution in [0.3, 0.4) is 0 Å². The summed E-state index contributed by atoms with van der Waals surface area (Å²) in [5.74, 6) is 3.46. The summed E-state index contributed by atoms with van der Waals surface area (Å²) >= 11 is 0. The van der Waals surface area contributed by atoms with Gasteiger partial charge in [-0.2, -0.15) is 0 Å². The Balaban J connectivity index is 1.59. The first kappa shape index (κ1) is 15.4. The van der Waals surface area contributed by atoms with Crippen LogP contribution in [-0.4, -0.2) is 24.4 Å². The lowest BCUT2D eigenvalue weighted by molar-refractivity contribution is -0.125. The van der Waals surface area contributed by atoms with Crippen molar-refractivity contribution in [3.8, 4) is 0 Å². The normalized spacial score (nSPS) is 57.8. The highest BCUT2D eigenvalue weighted by Crippen LogP contribution is 2.66. The third kappa shape index (κ3) is 2.13. The van der Waals surface area contributed by atoms with Crippen molar-refractivity contribution in [2.75, 3.05) is 7.11 Å². The van der Waals surface area contributed by atoms with Gasteiger partial charge in [0.25, 0.3) is 0 Å². The Kier molecular flexibility index (Phi) is 3.66. The van der Waals surface area contributed by atoms with E-state index in [0.29, 0.717) is 16.9 Å². The number of rotatable bonds is 1. The Hall–Kier alpha value is -0.0800. The average molecular weight is 306 g/mol. The lowest BCUT2D eigenvalue weighted by atomic mass is 9.45. The van der Waals surface area contributed by atoms with Crippen LogP contribution in [0.5, 0.6) is 0 Å². The number of fused-ring (bicyclic) bond motifs is 5. The second kappa shape index (κ2) is 5.21. The SMILES string of the molecule is CO[C@H]1CC[C@@]2(C)[C@@H](CC[C@H]3[C@@H]4C[C@@H](O)C[C@@]4(C)CC[C@@H]32)C1. The maximum absolute atomic E-state index is 10.3. The van der Waals surface area contributed by atoms with E-state index in [1.54, 1.807) is 0 Å². The van der Waals surface area contributed by atoms with Crippen molar-refractivity contribution >= 4 is 0 Å². The smallest absolute Gasteiger partial charge is 0.0574 e. The molecule has 126 valence electrons. The van der Waals surface area contributed by atoms with Gasteiger partial charge in [0.15, 0.2) is 0 Å². The Morgan fingerprint density at radius 1 is 0.955 bits per heavy atom. The second-order valence-corrected chi connectivity index (χ2v) is 9.58. The summed E-state index contributed by atoms with van der Waals surface area (Å²) in [6.45, 7) is 5.08. The Morgan fingerprint density at radius 3 is 2.55 bits per heavy atom. The van der Waals surface area contributed by atoms with Gasteiger partial charge in [-0.15, -0.1) is 0 Å². The molecule has 0 saturated heterocycles. The van der Waals surface area contributed by atoms with Crippen molar-refractivity contribution < 1.29 is 9.84 Å². The molecule has 0 bridgehead atoms. The summed E-state index contributed by atoms with van der Waals surface area (Å²) in [4.78, 5) is 0. The van der Waals surface area contributed by atoms with Crippen molar-refractivity contribution in [1.29, 1.82) is 0 Å². The summed E-state index contributed by atoms with van der Waals surface area (Å²) in [5.41, 5.74) is 0.986. The van der Waals surface area contributed by atoms with Crippen LogP contribution < -0.4 is 0 Å². The van der Waals surface area contributed by atoms with Gasteiger partial charge >= 0.3 is 0 Å². The van der Waals surface area contributed by atoms with Crippen molar-refractivity contribution in [2.45, 2.75) is 83.8 Å². The van der Waals surface area contributed by atoms with Gasteiger partial charge in [0.1, 0.15) is 0 Å². The first-order valence-corrected chi connectivity index (χ1v) is 9.67. The Morgan fingerprint density at radius 2 is 1.77 bits per heavy atom. The van der Waals surface area contributed by atoms with E-state index in [1.165, 1.54) is 44.9 Å². The lowest BCUT2D eigenvalue weighted by Gasteiger charge is -2.60. The topological polar surface area (TPSA) is 29.5 Å². The Bertz CT molecular complexity index is 435. The lowest BCUT2D eigenvalue weighted by Crippen LogP contribution is -2.53. The van der Waals surface area contributed by atoms with E-state index in [4.69, 9.17) is 4.74 Å². The zero-order chi connectivity index (χ0) is 15.5.